The predicted molar refractivity (Wildman–Crippen MR) is 98.4 cm³/mol. The first-order valence-electron chi connectivity index (χ1n) is 7.83. The highest BCUT2D eigenvalue weighted by molar-refractivity contribution is 6.30. The van der Waals surface area contributed by atoms with Crippen LogP contribution in [0.1, 0.15) is 0 Å². The van der Waals surface area contributed by atoms with Gasteiger partial charge in [0.25, 0.3) is 11.8 Å². The summed E-state index contributed by atoms with van der Waals surface area (Å²) >= 11 is 5.80. The average molecular weight is 390 g/mol. The van der Waals surface area contributed by atoms with E-state index in [1.807, 2.05) is 0 Å². The van der Waals surface area contributed by atoms with Crippen molar-refractivity contribution in [2.45, 2.75) is 0 Å². The fourth-order valence-corrected chi connectivity index (χ4v) is 2.32. The van der Waals surface area contributed by atoms with Crippen LogP contribution in [0.5, 0.6) is 17.2 Å². The van der Waals surface area contributed by atoms with Crippen LogP contribution in [-0.4, -0.2) is 36.9 Å². The molecule has 0 fully saturated rings. The van der Waals surface area contributed by atoms with E-state index in [2.05, 4.69) is 15.5 Å². The Morgan fingerprint density at radius 3 is 2.52 bits per heavy atom. The molecule has 0 aliphatic heterocycles. The molecule has 140 valence electrons. The topological polar surface area (TPSA) is 95.7 Å². The van der Waals surface area contributed by atoms with Gasteiger partial charge in [-0.25, -0.2) is 0 Å². The normalized spacial score (nSPS) is 10.3. The van der Waals surface area contributed by atoms with E-state index in [-0.39, 0.29) is 18.5 Å². The number of hydrogen-bond acceptors (Lipinski definition) is 7. The minimum absolute atomic E-state index is 0.0559. The summed E-state index contributed by atoms with van der Waals surface area (Å²) in [7, 11) is 3.07. The van der Waals surface area contributed by atoms with Crippen molar-refractivity contribution in [3.8, 4) is 28.7 Å². The summed E-state index contributed by atoms with van der Waals surface area (Å²) in [5.41, 5.74) is 0.544. The Labute approximate surface area is 160 Å². The summed E-state index contributed by atoms with van der Waals surface area (Å²) in [6.07, 6.45) is 0. The highest BCUT2D eigenvalue weighted by Crippen LogP contribution is 2.33. The Kier molecular flexibility index (Phi) is 5.77. The number of rotatable bonds is 7. The van der Waals surface area contributed by atoms with E-state index >= 15 is 0 Å². The maximum absolute atomic E-state index is 12.0. The van der Waals surface area contributed by atoms with Crippen molar-refractivity contribution in [3.05, 3.63) is 47.5 Å². The zero-order valence-corrected chi connectivity index (χ0v) is 15.3. The number of aromatic nitrogens is 2. The van der Waals surface area contributed by atoms with Gasteiger partial charge >= 0.3 is 6.01 Å². The fourth-order valence-electron chi connectivity index (χ4n) is 2.20. The van der Waals surface area contributed by atoms with Gasteiger partial charge in [-0.05, 0) is 42.5 Å². The summed E-state index contributed by atoms with van der Waals surface area (Å²) in [4.78, 5) is 12.0. The Balaban J connectivity index is 1.65. The molecular weight excluding hydrogens is 374 g/mol. The van der Waals surface area contributed by atoms with Crippen LogP contribution in [-0.2, 0) is 4.79 Å². The Hall–Kier alpha value is -3.26. The number of carbonyl (C=O) groups excluding carboxylic acids is 1. The van der Waals surface area contributed by atoms with Crippen LogP contribution in [0.25, 0.3) is 11.5 Å². The van der Waals surface area contributed by atoms with Crippen molar-refractivity contribution >= 4 is 23.5 Å². The molecule has 9 heteroatoms. The van der Waals surface area contributed by atoms with Crippen molar-refractivity contribution < 1.29 is 23.4 Å². The number of anilines is 1. The number of ether oxygens (including phenoxy) is 3. The molecule has 0 aliphatic carbocycles. The fraction of sp³-hybridized carbons (Fsp3) is 0.167. The molecule has 0 saturated carbocycles. The molecule has 3 rings (SSSR count). The van der Waals surface area contributed by atoms with E-state index in [1.54, 1.807) is 49.6 Å². The molecule has 0 radical (unpaired) electrons. The number of benzene rings is 2. The largest absolute Gasteiger partial charge is 0.497 e. The number of amides is 1. The van der Waals surface area contributed by atoms with Gasteiger partial charge in [0.05, 0.1) is 19.8 Å². The van der Waals surface area contributed by atoms with E-state index in [4.69, 9.17) is 30.2 Å². The number of halogens is 1. The first-order valence-corrected chi connectivity index (χ1v) is 8.21. The number of hydrogen-bond donors (Lipinski definition) is 1. The monoisotopic (exact) mass is 389 g/mol. The van der Waals surface area contributed by atoms with Crippen molar-refractivity contribution in [1.29, 1.82) is 0 Å². The minimum atomic E-state index is -0.447. The van der Waals surface area contributed by atoms with Crippen molar-refractivity contribution in [1.82, 2.24) is 10.2 Å². The highest BCUT2D eigenvalue weighted by atomic mass is 35.5. The molecule has 0 unspecified atom stereocenters. The smallest absolute Gasteiger partial charge is 0.322 e. The van der Waals surface area contributed by atoms with Crippen LogP contribution in [0.3, 0.4) is 0 Å². The summed E-state index contributed by atoms with van der Waals surface area (Å²) in [5.74, 6) is 1.38. The van der Waals surface area contributed by atoms with Crippen LogP contribution in [0.2, 0.25) is 5.02 Å². The lowest BCUT2D eigenvalue weighted by Gasteiger charge is -2.07. The van der Waals surface area contributed by atoms with Gasteiger partial charge in [-0.3, -0.25) is 10.1 Å². The maximum atomic E-state index is 12.0. The van der Waals surface area contributed by atoms with Gasteiger partial charge in [-0.2, -0.15) is 0 Å². The van der Waals surface area contributed by atoms with Crippen molar-refractivity contribution in [2.24, 2.45) is 0 Å². The molecule has 8 nitrogen and oxygen atoms in total. The summed E-state index contributed by atoms with van der Waals surface area (Å²) in [6, 6.07) is 11.8. The second kappa shape index (κ2) is 8.41. The lowest BCUT2D eigenvalue weighted by atomic mass is 10.2. The third-order valence-corrected chi connectivity index (χ3v) is 3.74. The molecule has 0 spiro atoms. The van der Waals surface area contributed by atoms with Crippen LogP contribution in [0.4, 0.5) is 6.01 Å². The lowest BCUT2D eigenvalue weighted by Crippen LogP contribution is -2.20. The zero-order valence-electron chi connectivity index (χ0n) is 14.6. The highest BCUT2D eigenvalue weighted by Gasteiger charge is 2.16. The zero-order chi connectivity index (χ0) is 19.2. The van der Waals surface area contributed by atoms with Crippen LogP contribution in [0, 0.1) is 0 Å². The molecule has 27 heavy (non-hydrogen) atoms. The number of nitrogens with one attached hydrogen (secondary N) is 1. The van der Waals surface area contributed by atoms with Gasteiger partial charge in [0.15, 0.2) is 6.61 Å². The van der Waals surface area contributed by atoms with Gasteiger partial charge in [-0.15, -0.1) is 5.10 Å². The van der Waals surface area contributed by atoms with Gasteiger partial charge in [0, 0.05) is 5.02 Å². The van der Waals surface area contributed by atoms with Crippen LogP contribution in [0.15, 0.2) is 46.9 Å². The second-order valence-electron chi connectivity index (χ2n) is 5.27. The quantitative estimate of drug-likeness (QED) is 0.661. The molecule has 0 saturated heterocycles. The molecule has 1 aromatic heterocycles. The van der Waals surface area contributed by atoms with Crippen molar-refractivity contribution in [2.75, 3.05) is 26.1 Å². The molecule has 0 bridgehead atoms. The van der Waals surface area contributed by atoms with Gasteiger partial charge in [-0.1, -0.05) is 16.7 Å². The van der Waals surface area contributed by atoms with E-state index in [9.17, 15) is 4.79 Å². The summed E-state index contributed by atoms with van der Waals surface area (Å²) in [6.45, 7) is -0.220. The molecule has 3 aromatic rings. The molecule has 0 aliphatic rings. The summed E-state index contributed by atoms with van der Waals surface area (Å²) in [5, 5.41) is 10.8. The standard InChI is InChI=1S/C18H16ClN3O5/c1-24-13-7-8-15(25-2)14(9-13)17-21-22-18(27-17)20-16(23)10-26-12-5-3-11(19)4-6-12/h3-9H,10H2,1-2H3,(H,20,22,23). The molecular formula is C18H16ClN3O5. The van der Waals surface area contributed by atoms with Crippen LogP contribution >= 0.6 is 11.6 Å². The van der Waals surface area contributed by atoms with E-state index in [0.717, 1.165) is 0 Å². The first-order chi connectivity index (χ1) is 13.1. The minimum Gasteiger partial charge on any atom is -0.497 e. The van der Waals surface area contributed by atoms with Gasteiger partial charge < -0.3 is 18.6 Å². The molecule has 2 aromatic carbocycles. The molecule has 0 atom stereocenters. The van der Waals surface area contributed by atoms with E-state index < -0.39 is 5.91 Å². The number of carbonyl (C=O) groups is 1. The third kappa shape index (κ3) is 4.68. The molecule has 1 heterocycles. The number of nitrogens with zero attached hydrogens (tertiary/aromatic N) is 2. The molecule has 1 N–H and O–H groups in total. The Morgan fingerprint density at radius 2 is 1.81 bits per heavy atom. The lowest BCUT2D eigenvalue weighted by molar-refractivity contribution is -0.118. The van der Waals surface area contributed by atoms with E-state index in [1.165, 1.54) is 7.11 Å². The van der Waals surface area contributed by atoms with Crippen LogP contribution < -0.4 is 19.5 Å². The van der Waals surface area contributed by atoms with Crippen molar-refractivity contribution in [3.63, 3.8) is 0 Å². The Morgan fingerprint density at radius 1 is 1.07 bits per heavy atom. The predicted octanol–water partition coefficient (Wildman–Crippen LogP) is 3.42. The van der Waals surface area contributed by atoms with Gasteiger partial charge in [0.2, 0.25) is 0 Å². The van der Waals surface area contributed by atoms with E-state index in [0.29, 0.717) is 27.8 Å². The summed E-state index contributed by atoms with van der Waals surface area (Å²) < 4.78 is 21.3. The third-order valence-electron chi connectivity index (χ3n) is 3.49. The van der Waals surface area contributed by atoms with Gasteiger partial charge in [0.1, 0.15) is 17.2 Å². The maximum Gasteiger partial charge on any atom is 0.322 e. The molecule has 1 amide bonds. The second-order valence-corrected chi connectivity index (χ2v) is 5.71. The first kappa shape index (κ1) is 18.5. The Bertz CT molecular complexity index is 927. The SMILES string of the molecule is COc1ccc(OC)c(-c2nnc(NC(=O)COc3ccc(Cl)cc3)o2)c1. The number of methoxy groups -OCH3 is 2. The average Bonchev–Trinajstić information content (AvgIpc) is 3.15.